The highest BCUT2D eigenvalue weighted by Gasteiger charge is 2.30. The number of urea groups is 1. The maximum atomic E-state index is 12.7. The molecular weight excluding hydrogens is 345 g/mol. The van der Waals surface area contributed by atoms with Crippen molar-refractivity contribution in [3.05, 3.63) is 70.6 Å². The van der Waals surface area contributed by atoms with Gasteiger partial charge in [0.15, 0.2) is 0 Å². The van der Waals surface area contributed by atoms with Crippen molar-refractivity contribution in [2.24, 2.45) is 0 Å². The van der Waals surface area contributed by atoms with E-state index in [9.17, 15) is 18.0 Å². The number of rotatable bonds is 2. The highest BCUT2D eigenvalue weighted by molar-refractivity contribution is 5.89. The van der Waals surface area contributed by atoms with Gasteiger partial charge in [-0.2, -0.15) is 18.4 Å². The van der Waals surface area contributed by atoms with Gasteiger partial charge >= 0.3 is 12.2 Å². The van der Waals surface area contributed by atoms with Crippen LogP contribution in [-0.4, -0.2) is 11.0 Å². The van der Waals surface area contributed by atoms with Crippen LogP contribution in [0.25, 0.3) is 5.70 Å². The predicted molar refractivity (Wildman–Crippen MR) is 87.5 cm³/mol. The van der Waals surface area contributed by atoms with Gasteiger partial charge in [0.25, 0.3) is 0 Å². The average molecular weight is 358 g/mol. The summed E-state index contributed by atoms with van der Waals surface area (Å²) in [4.78, 5) is 16.1. The smallest absolute Gasteiger partial charge is 0.327 e. The molecule has 0 radical (unpaired) electrons. The Bertz CT molecular complexity index is 927. The van der Waals surface area contributed by atoms with Gasteiger partial charge in [0.1, 0.15) is 6.07 Å². The molecule has 1 aromatic heterocycles. The second kappa shape index (κ2) is 6.52. The maximum absolute atomic E-state index is 12.7. The molecule has 2 amide bonds. The highest BCUT2D eigenvalue weighted by Crippen LogP contribution is 2.31. The van der Waals surface area contributed by atoms with Crippen LogP contribution in [0.4, 0.5) is 18.0 Å². The first-order chi connectivity index (χ1) is 12.3. The summed E-state index contributed by atoms with van der Waals surface area (Å²) in [5, 5.41) is 14.3. The minimum absolute atomic E-state index is 0.338. The minimum Gasteiger partial charge on any atom is -0.327 e. The number of benzene rings is 1. The quantitative estimate of drug-likeness (QED) is 0.860. The summed E-state index contributed by atoms with van der Waals surface area (Å²) in [5.41, 5.74) is 1.73. The molecule has 8 heteroatoms. The van der Waals surface area contributed by atoms with Crippen LogP contribution in [0.1, 0.15) is 34.0 Å². The van der Waals surface area contributed by atoms with E-state index in [1.54, 1.807) is 19.1 Å². The van der Waals surface area contributed by atoms with Crippen LogP contribution in [-0.2, 0) is 6.18 Å². The van der Waals surface area contributed by atoms with Crippen LogP contribution in [0.15, 0.2) is 42.6 Å². The first-order valence-electron chi connectivity index (χ1n) is 7.61. The lowest BCUT2D eigenvalue weighted by molar-refractivity contribution is -0.137. The van der Waals surface area contributed by atoms with E-state index in [0.29, 0.717) is 28.1 Å². The Kier molecular flexibility index (Phi) is 4.38. The predicted octanol–water partition coefficient (Wildman–Crippen LogP) is 3.68. The molecule has 5 nitrogen and oxygen atoms in total. The normalized spacial score (nSPS) is 17.0. The van der Waals surface area contributed by atoms with Crippen molar-refractivity contribution in [2.75, 3.05) is 0 Å². The molecule has 26 heavy (non-hydrogen) atoms. The lowest BCUT2D eigenvalue weighted by Crippen LogP contribution is -2.41. The van der Waals surface area contributed by atoms with Crippen molar-refractivity contribution in [1.29, 1.82) is 5.26 Å². The van der Waals surface area contributed by atoms with Gasteiger partial charge < -0.3 is 10.6 Å². The fourth-order valence-electron chi connectivity index (χ4n) is 2.63. The summed E-state index contributed by atoms with van der Waals surface area (Å²) >= 11 is 0. The lowest BCUT2D eigenvalue weighted by Gasteiger charge is -2.25. The van der Waals surface area contributed by atoms with E-state index >= 15 is 0 Å². The van der Waals surface area contributed by atoms with Crippen LogP contribution in [0, 0.1) is 18.3 Å². The number of aromatic nitrogens is 1. The first kappa shape index (κ1) is 17.5. The molecular formula is C18H13F3N4O. The van der Waals surface area contributed by atoms with Gasteiger partial charge in [0.05, 0.1) is 17.2 Å². The highest BCUT2D eigenvalue weighted by atomic mass is 19.4. The monoisotopic (exact) mass is 358 g/mol. The fourth-order valence-corrected chi connectivity index (χ4v) is 2.63. The average Bonchev–Trinajstić information content (AvgIpc) is 2.61. The summed E-state index contributed by atoms with van der Waals surface area (Å²) in [5.74, 6) is 0. The molecule has 132 valence electrons. The third-order valence-electron chi connectivity index (χ3n) is 3.97. The molecule has 2 heterocycles. The number of amides is 2. The molecule has 0 saturated heterocycles. The number of halogens is 3. The molecule has 3 rings (SSSR count). The van der Waals surface area contributed by atoms with E-state index in [1.807, 2.05) is 6.07 Å². The summed E-state index contributed by atoms with van der Waals surface area (Å²) in [6, 6.07) is 7.08. The Morgan fingerprint density at radius 1 is 1.23 bits per heavy atom. The number of nitriles is 1. The van der Waals surface area contributed by atoms with Gasteiger partial charge in [-0.3, -0.25) is 4.98 Å². The summed E-state index contributed by atoms with van der Waals surface area (Å²) < 4.78 is 38.1. The largest absolute Gasteiger partial charge is 0.416 e. The van der Waals surface area contributed by atoms with Gasteiger partial charge in [-0.25, -0.2) is 4.79 Å². The van der Waals surface area contributed by atoms with Gasteiger partial charge in [0, 0.05) is 23.2 Å². The zero-order valence-electron chi connectivity index (χ0n) is 13.6. The van der Waals surface area contributed by atoms with Crippen molar-refractivity contribution in [2.45, 2.75) is 19.1 Å². The molecule has 0 bridgehead atoms. The number of nitrogens with zero attached hydrogens (tertiary/aromatic N) is 2. The van der Waals surface area contributed by atoms with Crippen LogP contribution in [0.5, 0.6) is 0 Å². The fraction of sp³-hybridized carbons (Fsp3) is 0.167. The van der Waals surface area contributed by atoms with E-state index in [-0.39, 0.29) is 0 Å². The van der Waals surface area contributed by atoms with Crippen molar-refractivity contribution in [3.8, 4) is 6.07 Å². The molecule has 0 spiro atoms. The van der Waals surface area contributed by atoms with E-state index in [0.717, 1.165) is 12.1 Å². The number of alkyl halides is 3. The second-order valence-corrected chi connectivity index (χ2v) is 5.75. The van der Waals surface area contributed by atoms with Crippen molar-refractivity contribution < 1.29 is 18.0 Å². The molecule has 1 aliphatic heterocycles. The Balaban J connectivity index is 1.98. The molecule has 1 unspecified atom stereocenters. The molecule has 2 aromatic rings. The third-order valence-corrected chi connectivity index (χ3v) is 3.97. The Morgan fingerprint density at radius 3 is 2.54 bits per heavy atom. The van der Waals surface area contributed by atoms with Gasteiger partial charge in [-0.05, 0) is 36.8 Å². The van der Waals surface area contributed by atoms with Crippen molar-refractivity contribution in [1.82, 2.24) is 15.6 Å². The SMILES string of the molecule is Cc1ncc(C#N)cc1C1=CC(c2ccc(C(F)(F)F)cc2)NC(=O)N1. The van der Waals surface area contributed by atoms with Gasteiger partial charge in [0.2, 0.25) is 0 Å². The second-order valence-electron chi connectivity index (χ2n) is 5.75. The molecule has 1 atom stereocenters. The molecule has 1 aliphatic rings. The minimum atomic E-state index is -4.42. The Labute approximate surface area is 147 Å². The van der Waals surface area contributed by atoms with Crippen LogP contribution in [0.3, 0.4) is 0 Å². The third kappa shape index (κ3) is 3.52. The van der Waals surface area contributed by atoms with E-state index in [1.165, 1.54) is 18.3 Å². The number of carbonyl (C=O) groups is 1. The number of hydrogen-bond donors (Lipinski definition) is 2. The standard InChI is InChI=1S/C18H13F3N4O/c1-10-14(6-11(8-22)9-23-10)16-7-15(24-17(26)25-16)12-2-4-13(5-3-12)18(19,20)21/h2-7,9,15H,1H3,(H2,24,25,26). The Morgan fingerprint density at radius 2 is 1.92 bits per heavy atom. The lowest BCUT2D eigenvalue weighted by atomic mass is 9.99. The van der Waals surface area contributed by atoms with Crippen LogP contribution >= 0.6 is 0 Å². The maximum Gasteiger partial charge on any atom is 0.416 e. The van der Waals surface area contributed by atoms with Crippen molar-refractivity contribution >= 4 is 11.7 Å². The van der Waals surface area contributed by atoms with E-state index < -0.39 is 23.8 Å². The van der Waals surface area contributed by atoms with E-state index in [2.05, 4.69) is 15.6 Å². The molecule has 2 N–H and O–H groups in total. The van der Waals surface area contributed by atoms with E-state index in [4.69, 9.17) is 5.26 Å². The number of nitrogens with one attached hydrogen (secondary N) is 2. The summed E-state index contributed by atoms with van der Waals surface area (Å²) in [6.07, 6.45) is -1.32. The Hall–Kier alpha value is -3.34. The van der Waals surface area contributed by atoms with Gasteiger partial charge in [-0.15, -0.1) is 0 Å². The number of pyridine rings is 1. The molecule has 0 saturated carbocycles. The van der Waals surface area contributed by atoms with Crippen LogP contribution < -0.4 is 10.6 Å². The van der Waals surface area contributed by atoms with Crippen molar-refractivity contribution in [3.63, 3.8) is 0 Å². The number of aryl methyl sites for hydroxylation is 1. The number of hydrogen-bond acceptors (Lipinski definition) is 3. The topological polar surface area (TPSA) is 77.8 Å². The zero-order valence-corrected chi connectivity index (χ0v) is 13.6. The zero-order chi connectivity index (χ0) is 18.9. The number of carbonyl (C=O) groups excluding carboxylic acids is 1. The molecule has 0 fully saturated rings. The molecule has 1 aromatic carbocycles. The molecule has 0 aliphatic carbocycles. The summed E-state index contributed by atoms with van der Waals surface area (Å²) in [7, 11) is 0. The first-order valence-corrected chi connectivity index (χ1v) is 7.61. The summed E-state index contributed by atoms with van der Waals surface area (Å²) in [6.45, 7) is 1.73. The van der Waals surface area contributed by atoms with Crippen LogP contribution in [0.2, 0.25) is 0 Å². The van der Waals surface area contributed by atoms with Gasteiger partial charge in [-0.1, -0.05) is 12.1 Å².